The maximum atomic E-state index is 13.3. The number of sulfonamides is 1. The molecule has 0 fully saturated rings. The Morgan fingerprint density at radius 1 is 0.970 bits per heavy atom. The molecule has 180 valence electrons. The maximum absolute atomic E-state index is 13.3. The standard InChI is InChI=1S/C23H29Cl2N3O4S/c1-5-21(23(30)26-16(2)3)28(14-17-6-8-18(24)9-7-17)22(29)15-27(4)33(31,32)20-12-10-19(25)11-13-20/h6-13,16,21H,5,14-15H2,1-4H3,(H,26,30). The summed E-state index contributed by atoms with van der Waals surface area (Å²) < 4.78 is 26.8. The molecule has 0 aliphatic heterocycles. The summed E-state index contributed by atoms with van der Waals surface area (Å²) in [5.74, 6) is -0.784. The van der Waals surface area contributed by atoms with Crippen LogP contribution in [0.4, 0.5) is 0 Å². The highest BCUT2D eigenvalue weighted by molar-refractivity contribution is 7.89. The van der Waals surface area contributed by atoms with Gasteiger partial charge in [-0.1, -0.05) is 42.3 Å². The van der Waals surface area contributed by atoms with Gasteiger partial charge in [0.1, 0.15) is 6.04 Å². The van der Waals surface area contributed by atoms with Gasteiger partial charge >= 0.3 is 0 Å². The number of amides is 2. The molecule has 0 saturated heterocycles. The molecule has 0 radical (unpaired) electrons. The molecule has 2 amide bonds. The van der Waals surface area contributed by atoms with Gasteiger partial charge in [0.2, 0.25) is 21.8 Å². The molecule has 2 rings (SSSR count). The predicted octanol–water partition coefficient (Wildman–Crippen LogP) is 3.95. The number of hydrogen-bond donors (Lipinski definition) is 1. The van der Waals surface area contributed by atoms with Crippen LogP contribution in [-0.2, 0) is 26.2 Å². The van der Waals surface area contributed by atoms with Gasteiger partial charge < -0.3 is 10.2 Å². The van der Waals surface area contributed by atoms with Crippen LogP contribution in [0, 0.1) is 0 Å². The van der Waals surface area contributed by atoms with E-state index >= 15 is 0 Å². The number of nitrogens with zero attached hydrogens (tertiary/aromatic N) is 2. The fraction of sp³-hybridized carbons (Fsp3) is 0.391. The normalized spacial score (nSPS) is 12.6. The van der Waals surface area contributed by atoms with Gasteiger partial charge in [-0.2, -0.15) is 4.31 Å². The summed E-state index contributed by atoms with van der Waals surface area (Å²) in [6.07, 6.45) is 0.367. The maximum Gasteiger partial charge on any atom is 0.243 e. The van der Waals surface area contributed by atoms with Crippen molar-refractivity contribution < 1.29 is 18.0 Å². The molecular weight excluding hydrogens is 485 g/mol. The van der Waals surface area contributed by atoms with Crippen LogP contribution < -0.4 is 5.32 Å². The molecule has 0 spiro atoms. The Balaban J connectivity index is 2.31. The SMILES string of the molecule is CCC(C(=O)NC(C)C)N(Cc1ccc(Cl)cc1)C(=O)CN(C)S(=O)(=O)c1ccc(Cl)cc1. The van der Waals surface area contributed by atoms with Gasteiger partial charge in [0.25, 0.3) is 0 Å². The molecular formula is C23H29Cl2N3O4S. The van der Waals surface area contributed by atoms with Gasteiger partial charge in [-0.25, -0.2) is 8.42 Å². The predicted molar refractivity (Wildman–Crippen MR) is 131 cm³/mol. The van der Waals surface area contributed by atoms with E-state index in [4.69, 9.17) is 23.2 Å². The number of carbonyl (C=O) groups excluding carboxylic acids is 2. The number of hydrogen-bond acceptors (Lipinski definition) is 4. The molecule has 0 heterocycles. The molecule has 1 N–H and O–H groups in total. The molecule has 2 aromatic rings. The number of carbonyl (C=O) groups is 2. The summed E-state index contributed by atoms with van der Waals surface area (Å²) in [7, 11) is -2.59. The lowest BCUT2D eigenvalue weighted by molar-refractivity contribution is -0.141. The van der Waals surface area contributed by atoms with E-state index in [1.165, 1.54) is 36.2 Å². The molecule has 7 nitrogen and oxygen atoms in total. The van der Waals surface area contributed by atoms with Crippen molar-refractivity contribution in [1.82, 2.24) is 14.5 Å². The molecule has 0 aromatic heterocycles. The fourth-order valence-electron chi connectivity index (χ4n) is 3.24. The van der Waals surface area contributed by atoms with Gasteiger partial charge in [0.05, 0.1) is 11.4 Å². The summed E-state index contributed by atoms with van der Waals surface area (Å²) >= 11 is 11.8. The number of nitrogens with one attached hydrogen (secondary N) is 1. The van der Waals surface area contributed by atoms with Crippen LogP contribution >= 0.6 is 23.2 Å². The van der Waals surface area contributed by atoms with Crippen molar-refractivity contribution in [3.63, 3.8) is 0 Å². The second kappa shape index (κ2) is 11.8. The first kappa shape index (κ1) is 27.1. The third-order valence-corrected chi connectivity index (χ3v) is 7.28. The van der Waals surface area contributed by atoms with E-state index < -0.39 is 28.5 Å². The molecule has 0 saturated carbocycles. The van der Waals surface area contributed by atoms with E-state index in [1.807, 2.05) is 13.8 Å². The lowest BCUT2D eigenvalue weighted by Gasteiger charge is -2.32. The number of halogens is 2. The average molecular weight is 514 g/mol. The van der Waals surface area contributed by atoms with Crippen LogP contribution in [0.3, 0.4) is 0 Å². The van der Waals surface area contributed by atoms with Crippen molar-refractivity contribution >= 4 is 45.0 Å². The van der Waals surface area contributed by atoms with Crippen molar-refractivity contribution in [3.8, 4) is 0 Å². The second-order valence-corrected chi connectivity index (χ2v) is 10.9. The highest BCUT2D eigenvalue weighted by atomic mass is 35.5. The Labute approximate surface area is 205 Å². The summed E-state index contributed by atoms with van der Waals surface area (Å²) in [6, 6.07) is 11.8. The lowest BCUT2D eigenvalue weighted by atomic mass is 10.1. The van der Waals surface area contributed by atoms with Crippen LogP contribution in [0.2, 0.25) is 10.0 Å². The summed E-state index contributed by atoms with van der Waals surface area (Å²) in [6.45, 7) is 5.19. The van der Waals surface area contributed by atoms with Gasteiger partial charge in [-0.3, -0.25) is 9.59 Å². The van der Waals surface area contributed by atoms with E-state index in [0.29, 0.717) is 16.5 Å². The highest BCUT2D eigenvalue weighted by Crippen LogP contribution is 2.19. The third-order valence-electron chi connectivity index (χ3n) is 4.96. The first-order valence-corrected chi connectivity index (χ1v) is 12.7. The van der Waals surface area contributed by atoms with Crippen molar-refractivity contribution in [1.29, 1.82) is 0 Å². The molecule has 10 heteroatoms. The Bertz CT molecular complexity index is 1060. The van der Waals surface area contributed by atoms with Gasteiger partial charge in [-0.15, -0.1) is 0 Å². The minimum absolute atomic E-state index is 0.0241. The summed E-state index contributed by atoms with van der Waals surface area (Å²) in [5.41, 5.74) is 0.770. The van der Waals surface area contributed by atoms with Gasteiger partial charge in [0.15, 0.2) is 0 Å². The van der Waals surface area contributed by atoms with Crippen molar-refractivity contribution in [3.05, 3.63) is 64.1 Å². The molecule has 0 bridgehead atoms. The zero-order chi connectivity index (χ0) is 24.8. The van der Waals surface area contributed by atoms with Crippen LogP contribution in [0.5, 0.6) is 0 Å². The number of likely N-dealkylation sites (N-methyl/N-ethyl adjacent to an activating group) is 1. The Hall–Kier alpha value is -2.13. The largest absolute Gasteiger partial charge is 0.352 e. The topological polar surface area (TPSA) is 86.8 Å². The van der Waals surface area contributed by atoms with E-state index in [1.54, 1.807) is 31.2 Å². The first-order valence-electron chi connectivity index (χ1n) is 10.5. The number of rotatable bonds is 10. The van der Waals surface area contributed by atoms with Crippen molar-refractivity contribution in [2.75, 3.05) is 13.6 Å². The second-order valence-electron chi connectivity index (χ2n) is 7.95. The molecule has 0 aliphatic rings. The molecule has 1 atom stereocenters. The van der Waals surface area contributed by atoms with Gasteiger partial charge in [-0.05, 0) is 62.2 Å². The van der Waals surface area contributed by atoms with Crippen molar-refractivity contribution in [2.24, 2.45) is 0 Å². The zero-order valence-electron chi connectivity index (χ0n) is 19.1. The zero-order valence-corrected chi connectivity index (χ0v) is 21.4. The van der Waals surface area contributed by atoms with E-state index in [9.17, 15) is 18.0 Å². The minimum Gasteiger partial charge on any atom is -0.352 e. The van der Waals surface area contributed by atoms with Crippen LogP contribution in [0.25, 0.3) is 0 Å². The fourth-order valence-corrected chi connectivity index (χ4v) is 4.61. The Morgan fingerprint density at radius 2 is 1.48 bits per heavy atom. The van der Waals surface area contributed by atoms with Gasteiger partial charge in [0, 0.05) is 29.7 Å². The average Bonchev–Trinajstić information content (AvgIpc) is 2.74. The Kier molecular flexibility index (Phi) is 9.72. The summed E-state index contributed by atoms with van der Waals surface area (Å²) in [5, 5.41) is 3.80. The van der Waals surface area contributed by atoms with Crippen LogP contribution in [0.15, 0.2) is 53.4 Å². The van der Waals surface area contributed by atoms with Crippen LogP contribution in [-0.4, -0.2) is 55.1 Å². The minimum atomic E-state index is -3.93. The number of benzene rings is 2. The summed E-state index contributed by atoms with van der Waals surface area (Å²) in [4.78, 5) is 27.6. The first-order chi connectivity index (χ1) is 15.4. The monoisotopic (exact) mass is 513 g/mol. The van der Waals surface area contributed by atoms with E-state index in [0.717, 1.165) is 9.87 Å². The highest BCUT2D eigenvalue weighted by Gasteiger charge is 2.32. The lowest BCUT2D eigenvalue weighted by Crippen LogP contribution is -2.52. The smallest absolute Gasteiger partial charge is 0.243 e. The van der Waals surface area contributed by atoms with Crippen LogP contribution in [0.1, 0.15) is 32.8 Å². The molecule has 0 aliphatic carbocycles. The van der Waals surface area contributed by atoms with E-state index in [2.05, 4.69) is 5.32 Å². The Morgan fingerprint density at radius 3 is 1.97 bits per heavy atom. The third kappa shape index (κ3) is 7.43. The van der Waals surface area contributed by atoms with E-state index in [-0.39, 0.29) is 23.4 Å². The van der Waals surface area contributed by atoms with Crippen molar-refractivity contribution in [2.45, 2.75) is 50.7 Å². The quantitative estimate of drug-likeness (QED) is 0.521. The molecule has 1 unspecified atom stereocenters. The molecule has 2 aromatic carbocycles. The molecule has 33 heavy (non-hydrogen) atoms.